The molecule has 0 saturated carbocycles. The van der Waals surface area contributed by atoms with Crippen LogP contribution in [-0.4, -0.2) is 72.1 Å². The second kappa shape index (κ2) is 13.0. The highest BCUT2D eigenvalue weighted by molar-refractivity contribution is 5.91. The van der Waals surface area contributed by atoms with E-state index in [1.54, 1.807) is 39.8 Å². The molecule has 11 nitrogen and oxygen atoms in total. The van der Waals surface area contributed by atoms with Gasteiger partial charge in [0.25, 0.3) is 11.8 Å². The number of esters is 1. The van der Waals surface area contributed by atoms with Crippen molar-refractivity contribution in [2.75, 3.05) is 20.3 Å². The van der Waals surface area contributed by atoms with Crippen molar-refractivity contribution >= 4 is 40.7 Å². The summed E-state index contributed by atoms with van der Waals surface area (Å²) in [6.45, 7) is 9.06. The molecule has 42 heavy (non-hydrogen) atoms. The topological polar surface area (TPSA) is 139 Å². The van der Waals surface area contributed by atoms with E-state index in [2.05, 4.69) is 16.1 Å². The fraction of sp³-hybridized carbons (Fsp3) is 0.516. The summed E-state index contributed by atoms with van der Waals surface area (Å²) in [4.78, 5) is 58.0. The third-order valence-electron chi connectivity index (χ3n) is 7.69. The van der Waals surface area contributed by atoms with Crippen LogP contribution in [0.2, 0.25) is 0 Å². The molecule has 226 valence electrons. The zero-order valence-corrected chi connectivity index (χ0v) is 25.1. The molecule has 3 amide bonds. The van der Waals surface area contributed by atoms with Crippen molar-refractivity contribution in [1.82, 2.24) is 26.1 Å². The molecule has 0 radical (unpaired) electrons. The lowest BCUT2D eigenvalue weighted by atomic mass is 9.90. The van der Waals surface area contributed by atoms with Crippen molar-refractivity contribution in [2.24, 2.45) is 11.3 Å². The van der Waals surface area contributed by atoms with Crippen molar-refractivity contribution in [1.29, 1.82) is 0 Å². The van der Waals surface area contributed by atoms with E-state index in [1.165, 1.54) is 12.1 Å². The number of benzene rings is 1. The Morgan fingerprint density at radius 2 is 1.79 bits per heavy atom. The van der Waals surface area contributed by atoms with E-state index < -0.39 is 41.4 Å². The van der Waals surface area contributed by atoms with Crippen molar-refractivity contribution < 1.29 is 28.7 Å². The van der Waals surface area contributed by atoms with Gasteiger partial charge in [0.15, 0.2) is 6.10 Å². The predicted molar refractivity (Wildman–Crippen MR) is 158 cm³/mol. The number of amides is 3. The van der Waals surface area contributed by atoms with Crippen molar-refractivity contribution in [3.8, 4) is 0 Å². The molecule has 1 aromatic carbocycles. The van der Waals surface area contributed by atoms with Crippen molar-refractivity contribution in [3.05, 3.63) is 47.7 Å². The average molecular weight is 580 g/mol. The molecule has 3 heterocycles. The number of methoxy groups -OCH3 is 1. The van der Waals surface area contributed by atoms with Crippen LogP contribution in [0, 0.1) is 11.3 Å². The standard InChI is InChI=1S/C31H41N5O6/c1-18(2)26-28(38)33-20(4)29(39)36-15-7-8-24(35-36)27(37)32-19(3)23-12-11-22-10-9-21(16-25(22)34-23)13-14-31(5,17-41-6)30(40)42-26/h9-14,16,18-20,24,26,35H,7-8,15,17H2,1-6H3,(H,32,37)(H,33,38)/b14-13-/t19-,20+,24+,26+,31-/m1/s1. The zero-order chi connectivity index (χ0) is 30.6. The maximum absolute atomic E-state index is 13.5. The number of pyridine rings is 1. The van der Waals surface area contributed by atoms with Gasteiger partial charge in [0, 0.05) is 19.0 Å². The SMILES string of the molecule is COC[C@@]1(C)/C=C\c2ccc3ccc(nc3c2)[C@@H](C)NC(=O)[C@@H]2CCCN(N2)C(=O)[C@H](C)NC(=O)[C@H](C(C)C)OC1=O. The minimum atomic E-state index is -1.20. The summed E-state index contributed by atoms with van der Waals surface area (Å²) >= 11 is 0. The van der Waals surface area contributed by atoms with Gasteiger partial charge in [-0.25, -0.2) is 5.43 Å². The van der Waals surface area contributed by atoms with Crippen LogP contribution in [0.3, 0.4) is 0 Å². The number of hydrazine groups is 1. The number of rotatable bonds is 3. The normalized spacial score (nSPS) is 28.8. The molecule has 2 aromatic rings. The van der Waals surface area contributed by atoms with Crippen LogP contribution in [0.15, 0.2) is 36.4 Å². The summed E-state index contributed by atoms with van der Waals surface area (Å²) in [7, 11) is 1.49. The number of aromatic nitrogens is 1. The molecule has 1 fully saturated rings. The first-order valence-electron chi connectivity index (χ1n) is 14.4. The zero-order valence-electron chi connectivity index (χ0n) is 25.1. The van der Waals surface area contributed by atoms with E-state index in [4.69, 9.17) is 14.5 Å². The summed E-state index contributed by atoms with van der Waals surface area (Å²) in [6.07, 6.45) is 3.53. The van der Waals surface area contributed by atoms with E-state index >= 15 is 0 Å². The molecule has 5 bridgehead atoms. The molecule has 4 rings (SSSR count). The van der Waals surface area contributed by atoms with Crippen molar-refractivity contribution in [3.63, 3.8) is 0 Å². The number of ether oxygens (including phenoxy) is 2. The molecular formula is C31H41N5O6. The van der Waals surface area contributed by atoms with Gasteiger partial charge in [-0.1, -0.05) is 44.2 Å². The lowest BCUT2D eigenvalue weighted by Gasteiger charge is -2.35. The van der Waals surface area contributed by atoms with Crippen LogP contribution in [0.4, 0.5) is 0 Å². The van der Waals surface area contributed by atoms with Gasteiger partial charge in [0.2, 0.25) is 5.91 Å². The lowest BCUT2D eigenvalue weighted by Crippen LogP contribution is -2.61. The van der Waals surface area contributed by atoms with Crippen LogP contribution in [0.5, 0.6) is 0 Å². The summed E-state index contributed by atoms with van der Waals surface area (Å²) in [6, 6.07) is 7.67. The number of nitrogens with one attached hydrogen (secondary N) is 3. The van der Waals surface area contributed by atoms with Gasteiger partial charge in [-0.05, 0) is 57.2 Å². The fourth-order valence-corrected chi connectivity index (χ4v) is 5.11. The Hall–Kier alpha value is -3.83. The van der Waals surface area contributed by atoms with Gasteiger partial charge in [-0.3, -0.25) is 29.2 Å². The number of carbonyl (C=O) groups is 4. The summed E-state index contributed by atoms with van der Waals surface area (Å²) in [5.74, 6) is -2.21. The summed E-state index contributed by atoms with van der Waals surface area (Å²) in [5.41, 5.74) is 4.05. The highest BCUT2D eigenvalue weighted by Gasteiger charge is 2.38. The molecular weight excluding hydrogens is 538 g/mol. The van der Waals surface area contributed by atoms with Crippen LogP contribution in [-0.2, 0) is 28.7 Å². The van der Waals surface area contributed by atoms with Gasteiger partial charge >= 0.3 is 5.97 Å². The molecule has 1 aromatic heterocycles. The minimum Gasteiger partial charge on any atom is -0.451 e. The molecule has 0 spiro atoms. The largest absolute Gasteiger partial charge is 0.451 e. The third-order valence-corrected chi connectivity index (χ3v) is 7.69. The molecule has 11 heteroatoms. The minimum absolute atomic E-state index is 0.0264. The van der Waals surface area contributed by atoms with Gasteiger partial charge in [0.05, 0.1) is 23.9 Å². The smallest absolute Gasteiger partial charge is 0.318 e. The lowest BCUT2D eigenvalue weighted by molar-refractivity contribution is -0.168. The van der Waals surface area contributed by atoms with Crippen LogP contribution >= 0.6 is 0 Å². The van der Waals surface area contributed by atoms with E-state index in [0.717, 1.165) is 16.5 Å². The van der Waals surface area contributed by atoms with Gasteiger partial charge in [-0.2, -0.15) is 0 Å². The molecule has 0 aliphatic carbocycles. The maximum Gasteiger partial charge on any atom is 0.318 e. The Morgan fingerprint density at radius 3 is 2.50 bits per heavy atom. The Balaban J connectivity index is 1.74. The Morgan fingerprint density at radius 1 is 1.07 bits per heavy atom. The van der Waals surface area contributed by atoms with Gasteiger partial charge in [-0.15, -0.1) is 0 Å². The first kappa shape index (κ1) is 31.1. The van der Waals surface area contributed by atoms with Gasteiger partial charge in [0.1, 0.15) is 17.5 Å². The molecule has 2 aliphatic heterocycles. The van der Waals surface area contributed by atoms with E-state index in [0.29, 0.717) is 25.1 Å². The number of fused-ring (bicyclic) bond motifs is 4. The highest BCUT2D eigenvalue weighted by atomic mass is 16.6. The Bertz CT molecular complexity index is 1380. The van der Waals surface area contributed by atoms with Crippen LogP contribution in [0.1, 0.15) is 64.8 Å². The highest BCUT2D eigenvalue weighted by Crippen LogP contribution is 2.26. The third kappa shape index (κ3) is 6.96. The van der Waals surface area contributed by atoms with E-state index in [9.17, 15) is 19.2 Å². The van der Waals surface area contributed by atoms with Crippen LogP contribution in [0.25, 0.3) is 17.0 Å². The van der Waals surface area contributed by atoms with E-state index in [1.807, 2.05) is 37.3 Å². The number of nitrogens with zero attached hydrogens (tertiary/aromatic N) is 2. The second-order valence-corrected chi connectivity index (χ2v) is 11.7. The molecule has 1 saturated heterocycles. The fourth-order valence-electron chi connectivity index (χ4n) is 5.11. The van der Waals surface area contributed by atoms with Gasteiger partial charge < -0.3 is 20.1 Å². The summed E-state index contributed by atoms with van der Waals surface area (Å²) in [5, 5.41) is 8.01. The number of carbonyl (C=O) groups excluding carboxylic acids is 4. The van der Waals surface area contributed by atoms with Crippen molar-refractivity contribution in [2.45, 2.75) is 71.7 Å². The first-order chi connectivity index (χ1) is 19.9. The first-order valence-corrected chi connectivity index (χ1v) is 14.4. The number of hydrogen-bond donors (Lipinski definition) is 3. The molecule has 3 N–H and O–H groups in total. The molecule has 0 unspecified atom stereocenters. The summed E-state index contributed by atoms with van der Waals surface area (Å²) < 4.78 is 11.1. The second-order valence-electron chi connectivity index (χ2n) is 11.7. The maximum atomic E-state index is 13.5. The van der Waals surface area contributed by atoms with E-state index in [-0.39, 0.29) is 24.5 Å². The Kier molecular flexibility index (Phi) is 9.63. The Labute approximate surface area is 246 Å². The molecule has 2 aliphatic rings. The number of hydrogen-bond acceptors (Lipinski definition) is 8. The quantitative estimate of drug-likeness (QED) is 0.472. The monoisotopic (exact) mass is 579 g/mol. The average Bonchev–Trinajstić information content (AvgIpc) is 2.97. The number of cyclic esters (lactones) is 1. The predicted octanol–water partition coefficient (Wildman–Crippen LogP) is 2.66. The molecule has 5 atom stereocenters. The van der Waals surface area contributed by atoms with Crippen LogP contribution < -0.4 is 16.1 Å².